The number of nitrogens with one attached hydrogen (secondary N) is 1. The molecule has 1 fully saturated rings. The number of anilines is 1. The Morgan fingerprint density at radius 2 is 2.11 bits per heavy atom. The van der Waals surface area contributed by atoms with Crippen molar-refractivity contribution in [2.45, 2.75) is 12.8 Å². The van der Waals surface area contributed by atoms with E-state index >= 15 is 0 Å². The minimum absolute atomic E-state index is 0.0781. The highest BCUT2D eigenvalue weighted by Crippen LogP contribution is 2.27. The molecule has 0 amide bonds. The zero-order valence-corrected chi connectivity index (χ0v) is 10.1. The molecule has 1 aromatic rings. The largest absolute Gasteiger partial charge is 0.506 e. The molecule has 1 aromatic carbocycles. The molecule has 1 saturated heterocycles. The van der Waals surface area contributed by atoms with Gasteiger partial charge in [0.15, 0.2) is 0 Å². The van der Waals surface area contributed by atoms with Crippen LogP contribution in [0.25, 0.3) is 0 Å². The molecule has 0 saturated carbocycles. The summed E-state index contributed by atoms with van der Waals surface area (Å²) in [5.74, 6) is -0.0781. The first-order chi connectivity index (χ1) is 8.66. The molecule has 0 unspecified atom stereocenters. The second kappa shape index (κ2) is 5.68. The van der Waals surface area contributed by atoms with Gasteiger partial charge in [-0.25, -0.2) is 0 Å². The molecular weight excluding hydrogens is 234 g/mol. The number of benzene rings is 1. The Labute approximate surface area is 105 Å². The van der Waals surface area contributed by atoms with Crippen molar-refractivity contribution in [1.82, 2.24) is 4.90 Å². The topological polar surface area (TPSA) is 78.6 Å². The zero-order valence-electron chi connectivity index (χ0n) is 10.1. The molecule has 2 rings (SSSR count). The Morgan fingerprint density at radius 1 is 1.39 bits per heavy atom. The van der Waals surface area contributed by atoms with Crippen molar-refractivity contribution in [2.75, 3.05) is 31.5 Å². The van der Waals surface area contributed by atoms with Crippen LogP contribution in [0.2, 0.25) is 0 Å². The number of non-ortho nitro benzene ring substituents is 1. The first kappa shape index (κ1) is 12.6. The van der Waals surface area contributed by atoms with Crippen LogP contribution < -0.4 is 5.32 Å². The molecule has 0 spiro atoms. The lowest BCUT2D eigenvalue weighted by Crippen LogP contribution is -2.25. The Kier molecular flexibility index (Phi) is 3.99. The van der Waals surface area contributed by atoms with Crippen LogP contribution in [-0.4, -0.2) is 41.1 Å². The van der Waals surface area contributed by atoms with Crippen LogP contribution in [-0.2, 0) is 0 Å². The van der Waals surface area contributed by atoms with Crippen molar-refractivity contribution < 1.29 is 10.0 Å². The van der Waals surface area contributed by atoms with Crippen LogP contribution in [0.4, 0.5) is 11.4 Å². The van der Waals surface area contributed by atoms with E-state index in [-0.39, 0.29) is 11.4 Å². The lowest BCUT2D eigenvalue weighted by Gasteiger charge is -2.15. The van der Waals surface area contributed by atoms with Gasteiger partial charge in [0.2, 0.25) is 0 Å². The van der Waals surface area contributed by atoms with Gasteiger partial charge >= 0.3 is 0 Å². The van der Waals surface area contributed by atoms with Gasteiger partial charge in [0.25, 0.3) is 5.69 Å². The summed E-state index contributed by atoms with van der Waals surface area (Å²) in [6, 6.07) is 4.09. The minimum atomic E-state index is -0.520. The third-order valence-corrected chi connectivity index (χ3v) is 3.13. The minimum Gasteiger partial charge on any atom is -0.506 e. The first-order valence-electron chi connectivity index (χ1n) is 6.10. The van der Waals surface area contributed by atoms with E-state index in [1.165, 1.54) is 25.0 Å². The van der Waals surface area contributed by atoms with Crippen LogP contribution in [0.1, 0.15) is 12.8 Å². The summed E-state index contributed by atoms with van der Waals surface area (Å²) in [5, 5.41) is 23.3. The fourth-order valence-corrected chi connectivity index (χ4v) is 2.14. The van der Waals surface area contributed by atoms with E-state index in [9.17, 15) is 15.2 Å². The number of rotatable bonds is 5. The molecular formula is C12H17N3O3. The van der Waals surface area contributed by atoms with Crippen molar-refractivity contribution in [3.05, 3.63) is 28.3 Å². The summed E-state index contributed by atoms with van der Waals surface area (Å²) >= 11 is 0. The maximum Gasteiger partial charge on any atom is 0.273 e. The molecule has 1 aliphatic heterocycles. The molecule has 1 heterocycles. The quantitative estimate of drug-likeness (QED) is 0.474. The standard InChI is InChI=1S/C12H17N3O3/c16-12-9-10(15(17)18)3-4-11(12)13-5-8-14-6-1-2-7-14/h3-4,9,13,16H,1-2,5-8H2. The van der Waals surface area contributed by atoms with E-state index in [0.717, 1.165) is 32.2 Å². The molecule has 1 aliphatic rings. The third kappa shape index (κ3) is 3.10. The van der Waals surface area contributed by atoms with E-state index in [1.54, 1.807) is 0 Å². The van der Waals surface area contributed by atoms with Gasteiger partial charge in [-0.15, -0.1) is 0 Å². The van der Waals surface area contributed by atoms with Gasteiger partial charge in [-0.2, -0.15) is 0 Å². The van der Waals surface area contributed by atoms with Gasteiger partial charge in [-0.1, -0.05) is 0 Å². The summed E-state index contributed by atoms with van der Waals surface area (Å²) in [4.78, 5) is 12.4. The van der Waals surface area contributed by atoms with E-state index in [2.05, 4.69) is 10.2 Å². The van der Waals surface area contributed by atoms with Crippen molar-refractivity contribution >= 4 is 11.4 Å². The highest BCUT2D eigenvalue weighted by atomic mass is 16.6. The molecule has 6 heteroatoms. The van der Waals surface area contributed by atoms with Gasteiger partial charge in [0.05, 0.1) is 16.7 Å². The van der Waals surface area contributed by atoms with Crippen molar-refractivity contribution in [3.8, 4) is 5.75 Å². The van der Waals surface area contributed by atoms with Crippen LogP contribution >= 0.6 is 0 Å². The molecule has 98 valence electrons. The van der Waals surface area contributed by atoms with Crippen LogP contribution in [0.3, 0.4) is 0 Å². The fourth-order valence-electron chi connectivity index (χ4n) is 2.14. The summed E-state index contributed by atoms with van der Waals surface area (Å²) < 4.78 is 0. The highest BCUT2D eigenvalue weighted by Gasteiger charge is 2.12. The summed E-state index contributed by atoms with van der Waals surface area (Å²) in [5.41, 5.74) is 0.442. The number of nitro groups is 1. The lowest BCUT2D eigenvalue weighted by molar-refractivity contribution is -0.384. The Balaban J connectivity index is 1.87. The first-order valence-corrected chi connectivity index (χ1v) is 6.10. The summed E-state index contributed by atoms with van der Waals surface area (Å²) in [6.07, 6.45) is 2.51. The second-order valence-electron chi connectivity index (χ2n) is 4.43. The number of phenols is 1. The van der Waals surface area contributed by atoms with E-state index in [1.807, 2.05) is 0 Å². The van der Waals surface area contributed by atoms with Crippen LogP contribution in [0, 0.1) is 10.1 Å². The van der Waals surface area contributed by atoms with E-state index in [4.69, 9.17) is 0 Å². The van der Waals surface area contributed by atoms with Gasteiger partial charge < -0.3 is 15.3 Å². The van der Waals surface area contributed by atoms with Crippen molar-refractivity contribution in [2.24, 2.45) is 0 Å². The van der Waals surface area contributed by atoms with Crippen LogP contribution in [0.5, 0.6) is 5.75 Å². The maximum absolute atomic E-state index is 10.5. The zero-order chi connectivity index (χ0) is 13.0. The Bertz CT molecular complexity index is 431. The second-order valence-corrected chi connectivity index (χ2v) is 4.43. The van der Waals surface area contributed by atoms with Crippen LogP contribution in [0.15, 0.2) is 18.2 Å². The van der Waals surface area contributed by atoms with Gasteiger partial charge in [-0.05, 0) is 32.0 Å². The Hall–Kier alpha value is -1.82. The highest BCUT2D eigenvalue weighted by molar-refractivity contribution is 5.59. The van der Waals surface area contributed by atoms with Gasteiger partial charge in [-0.3, -0.25) is 10.1 Å². The van der Waals surface area contributed by atoms with Crippen molar-refractivity contribution in [3.63, 3.8) is 0 Å². The van der Waals surface area contributed by atoms with Crippen molar-refractivity contribution in [1.29, 1.82) is 0 Å². The number of aromatic hydroxyl groups is 1. The van der Waals surface area contributed by atoms with Gasteiger partial charge in [0, 0.05) is 19.2 Å². The normalized spacial score (nSPS) is 15.8. The maximum atomic E-state index is 10.5. The molecule has 0 atom stereocenters. The molecule has 2 N–H and O–H groups in total. The monoisotopic (exact) mass is 251 g/mol. The smallest absolute Gasteiger partial charge is 0.273 e. The Morgan fingerprint density at radius 3 is 2.72 bits per heavy atom. The summed E-state index contributed by atoms with van der Waals surface area (Å²) in [6.45, 7) is 3.92. The molecule has 18 heavy (non-hydrogen) atoms. The SMILES string of the molecule is O=[N+]([O-])c1ccc(NCCN2CCCC2)c(O)c1. The van der Waals surface area contributed by atoms with Gasteiger partial charge in [0.1, 0.15) is 5.75 Å². The predicted octanol–water partition coefficient (Wildman–Crippen LogP) is 1.81. The number of nitro benzene ring substituents is 1. The number of hydrogen-bond acceptors (Lipinski definition) is 5. The number of likely N-dealkylation sites (tertiary alicyclic amines) is 1. The molecule has 0 radical (unpaired) electrons. The van der Waals surface area contributed by atoms with E-state index in [0.29, 0.717) is 5.69 Å². The number of hydrogen-bond donors (Lipinski definition) is 2. The average molecular weight is 251 g/mol. The van der Waals surface area contributed by atoms with E-state index < -0.39 is 4.92 Å². The average Bonchev–Trinajstić information content (AvgIpc) is 2.84. The lowest BCUT2D eigenvalue weighted by atomic mass is 10.2. The third-order valence-electron chi connectivity index (χ3n) is 3.13. The molecule has 6 nitrogen and oxygen atoms in total. The molecule has 0 bridgehead atoms. The number of nitrogens with zero attached hydrogens (tertiary/aromatic N) is 2. The summed E-state index contributed by atoms with van der Waals surface area (Å²) in [7, 11) is 0. The molecule has 0 aromatic heterocycles. The predicted molar refractivity (Wildman–Crippen MR) is 68.9 cm³/mol. The number of phenolic OH excluding ortho intramolecular Hbond substituents is 1. The molecule has 0 aliphatic carbocycles. The fraction of sp³-hybridized carbons (Fsp3) is 0.500.